The van der Waals surface area contributed by atoms with Crippen molar-refractivity contribution in [1.29, 1.82) is 0 Å². The molecular formula is C18H21N3O3. The molecule has 0 heterocycles. The number of methoxy groups -OCH3 is 1. The summed E-state index contributed by atoms with van der Waals surface area (Å²) in [4.78, 5) is 22.9. The highest BCUT2D eigenvalue weighted by molar-refractivity contribution is 5.93. The van der Waals surface area contributed by atoms with Crippen LogP contribution < -0.4 is 20.7 Å². The average molecular weight is 327 g/mol. The van der Waals surface area contributed by atoms with Gasteiger partial charge in [0, 0.05) is 30.4 Å². The van der Waals surface area contributed by atoms with E-state index in [0.717, 1.165) is 11.3 Å². The third-order valence-electron chi connectivity index (χ3n) is 3.28. The van der Waals surface area contributed by atoms with Crippen molar-refractivity contribution in [2.24, 2.45) is 0 Å². The maximum Gasteiger partial charge on any atom is 0.238 e. The number of benzene rings is 2. The van der Waals surface area contributed by atoms with Gasteiger partial charge < -0.3 is 20.7 Å². The quantitative estimate of drug-likeness (QED) is 0.729. The summed E-state index contributed by atoms with van der Waals surface area (Å²) in [6.45, 7) is 2.17. The third-order valence-corrected chi connectivity index (χ3v) is 3.28. The van der Waals surface area contributed by atoms with Gasteiger partial charge in [-0.3, -0.25) is 9.59 Å². The molecule has 0 aliphatic carbocycles. The standard InChI is InChI=1S/C18H21N3O3/c1-13(22)20-15-7-9-16(10-8-15)21-18(23)12-19-11-14-5-3-4-6-17(14)24-2/h3-10,19H,11-12H2,1-2H3,(H,20,22)(H,21,23). The van der Waals surface area contributed by atoms with Crippen LogP contribution in [0.15, 0.2) is 48.5 Å². The van der Waals surface area contributed by atoms with Gasteiger partial charge >= 0.3 is 0 Å². The first-order valence-corrected chi connectivity index (χ1v) is 7.58. The summed E-state index contributed by atoms with van der Waals surface area (Å²) >= 11 is 0. The highest BCUT2D eigenvalue weighted by Gasteiger charge is 2.05. The minimum absolute atomic E-state index is 0.132. The Kier molecular flexibility index (Phi) is 6.33. The summed E-state index contributed by atoms with van der Waals surface area (Å²) in [7, 11) is 1.62. The number of carbonyl (C=O) groups excluding carboxylic acids is 2. The number of hydrogen-bond donors (Lipinski definition) is 3. The summed E-state index contributed by atoms with van der Waals surface area (Å²) in [6, 6.07) is 14.6. The van der Waals surface area contributed by atoms with Crippen LogP contribution in [0.1, 0.15) is 12.5 Å². The first-order valence-electron chi connectivity index (χ1n) is 7.58. The zero-order valence-electron chi connectivity index (χ0n) is 13.8. The molecule has 0 aliphatic rings. The molecule has 2 rings (SSSR count). The number of nitrogens with one attached hydrogen (secondary N) is 3. The van der Waals surface area contributed by atoms with Gasteiger partial charge in [-0.2, -0.15) is 0 Å². The maximum absolute atomic E-state index is 11.9. The Morgan fingerprint density at radius 1 is 0.958 bits per heavy atom. The molecule has 2 amide bonds. The van der Waals surface area contributed by atoms with Crippen molar-refractivity contribution in [2.75, 3.05) is 24.3 Å². The Morgan fingerprint density at radius 2 is 1.58 bits per heavy atom. The van der Waals surface area contributed by atoms with Crippen molar-refractivity contribution in [3.63, 3.8) is 0 Å². The Hall–Kier alpha value is -2.86. The lowest BCUT2D eigenvalue weighted by Gasteiger charge is -2.10. The van der Waals surface area contributed by atoms with Crippen molar-refractivity contribution in [2.45, 2.75) is 13.5 Å². The largest absolute Gasteiger partial charge is 0.496 e. The lowest BCUT2D eigenvalue weighted by Crippen LogP contribution is -2.27. The average Bonchev–Trinajstić information content (AvgIpc) is 2.56. The normalized spacial score (nSPS) is 10.1. The number of rotatable bonds is 7. The molecule has 126 valence electrons. The van der Waals surface area contributed by atoms with Gasteiger partial charge in [0.05, 0.1) is 13.7 Å². The van der Waals surface area contributed by atoms with Crippen LogP contribution in [-0.2, 0) is 16.1 Å². The van der Waals surface area contributed by atoms with Gasteiger partial charge in [-0.1, -0.05) is 18.2 Å². The molecular weight excluding hydrogens is 306 g/mol. The lowest BCUT2D eigenvalue weighted by atomic mass is 10.2. The molecule has 0 bridgehead atoms. The molecule has 0 fully saturated rings. The van der Waals surface area contributed by atoms with Crippen LogP contribution in [-0.4, -0.2) is 25.5 Å². The van der Waals surface area contributed by atoms with Crippen molar-refractivity contribution in [3.8, 4) is 5.75 Å². The molecule has 24 heavy (non-hydrogen) atoms. The van der Waals surface area contributed by atoms with E-state index in [4.69, 9.17) is 4.74 Å². The Labute approximate surface area is 141 Å². The zero-order chi connectivity index (χ0) is 17.4. The van der Waals surface area contributed by atoms with Gasteiger partial charge in [0.2, 0.25) is 11.8 Å². The van der Waals surface area contributed by atoms with E-state index in [1.54, 1.807) is 31.4 Å². The molecule has 0 atom stereocenters. The molecule has 6 heteroatoms. The molecule has 0 radical (unpaired) electrons. The van der Waals surface area contributed by atoms with E-state index < -0.39 is 0 Å². The number of amides is 2. The first kappa shape index (κ1) is 17.5. The van der Waals surface area contributed by atoms with E-state index in [1.165, 1.54) is 6.92 Å². The van der Waals surface area contributed by atoms with Crippen LogP contribution in [0.2, 0.25) is 0 Å². The van der Waals surface area contributed by atoms with Gasteiger partial charge in [-0.25, -0.2) is 0 Å². The van der Waals surface area contributed by atoms with Crippen LogP contribution in [0.4, 0.5) is 11.4 Å². The maximum atomic E-state index is 11.9. The second-order valence-electron chi connectivity index (χ2n) is 5.22. The van der Waals surface area contributed by atoms with Crippen LogP contribution >= 0.6 is 0 Å². The molecule has 0 saturated carbocycles. The monoisotopic (exact) mass is 327 g/mol. The van der Waals surface area contributed by atoms with E-state index in [0.29, 0.717) is 17.9 Å². The summed E-state index contributed by atoms with van der Waals surface area (Å²) < 4.78 is 5.27. The third kappa shape index (κ3) is 5.40. The summed E-state index contributed by atoms with van der Waals surface area (Å²) in [5.74, 6) is 0.517. The predicted molar refractivity (Wildman–Crippen MR) is 94.1 cm³/mol. The molecule has 0 aliphatic heterocycles. The number of para-hydroxylation sites is 1. The Balaban J connectivity index is 1.80. The first-order chi connectivity index (χ1) is 11.6. The van der Waals surface area contributed by atoms with E-state index in [-0.39, 0.29) is 18.4 Å². The number of ether oxygens (including phenoxy) is 1. The topological polar surface area (TPSA) is 79.5 Å². The van der Waals surface area contributed by atoms with E-state index >= 15 is 0 Å². The summed E-state index contributed by atoms with van der Waals surface area (Å²) in [5, 5.41) is 8.55. The molecule has 2 aromatic carbocycles. The second-order valence-corrected chi connectivity index (χ2v) is 5.22. The van der Waals surface area contributed by atoms with E-state index in [9.17, 15) is 9.59 Å². The molecule has 0 aromatic heterocycles. The smallest absolute Gasteiger partial charge is 0.238 e. The lowest BCUT2D eigenvalue weighted by molar-refractivity contribution is -0.115. The van der Waals surface area contributed by atoms with Gasteiger partial charge in [0.15, 0.2) is 0 Å². The fourth-order valence-electron chi connectivity index (χ4n) is 2.21. The SMILES string of the molecule is COc1ccccc1CNCC(=O)Nc1ccc(NC(C)=O)cc1. The fourth-order valence-corrected chi connectivity index (χ4v) is 2.21. The molecule has 0 spiro atoms. The van der Waals surface area contributed by atoms with Crippen molar-refractivity contribution in [3.05, 3.63) is 54.1 Å². The van der Waals surface area contributed by atoms with Crippen LogP contribution in [0.5, 0.6) is 5.75 Å². The molecule has 2 aromatic rings. The minimum Gasteiger partial charge on any atom is -0.496 e. The van der Waals surface area contributed by atoms with Crippen LogP contribution in [0, 0.1) is 0 Å². The van der Waals surface area contributed by atoms with Gasteiger partial charge in [0.1, 0.15) is 5.75 Å². The van der Waals surface area contributed by atoms with Gasteiger partial charge in [-0.15, -0.1) is 0 Å². The van der Waals surface area contributed by atoms with Crippen LogP contribution in [0.3, 0.4) is 0 Å². The van der Waals surface area contributed by atoms with Gasteiger partial charge in [0.25, 0.3) is 0 Å². The molecule has 3 N–H and O–H groups in total. The van der Waals surface area contributed by atoms with Crippen molar-refractivity contribution in [1.82, 2.24) is 5.32 Å². The summed E-state index contributed by atoms with van der Waals surface area (Å²) in [6.07, 6.45) is 0. The fraction of sp³-hybridized carbons (Fsp3) is 0.222. The molecule has 0 unspecified atom stereocenters. The minimum atomic E-state index is -0.142. The molecule has 6 nitrogen and oxygen atoms in total. The predicted octanol–water partition coefficient (Wildman–Crippen LogP) is 2.38. The highest BCUT2D eigenvalue weighted by Crippen LogP contribution is 2.16. The van der Waals surface area contributed by atoms with E-state index in [2.05, 4.69) is 16.0 Å². The van der Waals surface area contributed by atoms with Crippen molar-refractivity contribution < 1.29 is 14.3 Å². The Bertz CT molecular complexity index is 699. The highest BCUT2D eigenvalue weighted by atomic mass is 16.5. The number of anilines is 2. The number of hydrogen-bond acceptors (Lipinski definition) is 4. The number of carbonyl (C=O) groups is 2. The van der Waals surface area contributed by atoms with Crippen molar-refractivity contribution >= 4 is 23.2 Å². The van der Waals surface area contributed by atoms with Crippen LogP contribution in [0.25, 0.3) is 0 Å². The zero-order valence-corrected chi connectivity index (χ0v) is 13.8. The second kappa shape index (κ2) is 8.69. The summed E-state index contributed by atoms with van der Waals surface area (Å²) in [5.41, 5.74) is 2.36. The van der Waals surface area contributed by atoms with E-state index in [1.807, 2.05) is 24.3 Å². The van der Waals surface area contributed by atoms with Gasteiger partial charge in [-0.05, 0) is 30.3 Å². The molecule has 0 saturated heterocycles. The Morgan fingerprint density at radius 3 is 2.21 bits per heavy atom.